The topological polar surface area (TPSA) is 67.4 Å². The van der Waals surface area contributed by atoms with Crippen molar-refractivity contribution in [2.24, 2.45) is 5.92 Å². The van der Waals surface area contributed by atoms with E-state index in [-0.39, 0.29) is 35.1 Å². The van der Waals surface area contributed by atoms with Gasteiger partial charge in [0.05, 0.1) is 5.69 Å². The number of hydrogen-bond donors (Lipinski definition) is 2. The van der Waals surface area contributed by atoms with Gasteiger partial charge in [-0.3, -0.25) is 9.59 Å². The second-order valence-electron chi connectivity index (χ2n) is 14.0. The van der Waals surface area contributed by atoms with Crippen molar-refractivity contribution < 1.29 is 14.3 Å². The van der Waals surface area contributed by atoms with Gasteiger partial charge in [-0.2, -0.15) is 0 Å². The van der Waals surface area contributed by atoms with Gasteiger partial charge in [-0.05, 0) is 104 Å². The zero-order valence-electron chi connectivity index (χ0n) is 28.7. The van der Waals surface area contributed by atoms with Gasteiger partial charge in [-0.1, -0.05) is 100 Å². The molecule has 0 aliphatic rings. The lowest BCUT2D eigenvalue weighted by molar-refractivity contribution is -0.118. The van der Waals surface area contributed by atoms with Crippen molar-refractivity contribution in [1.82, 2.24) is 5.32 Å². The summed E-state index contributed by atoms with van der Waals surface area (Å²) in [6.07, 6.45) is 2.50. The lowest BCUT2D eigenvalue weighted by Crippen LogP contribution is -2.33. The molecule has 0 fully saturated rings. The largest absolute Gasteiger partial charge is 0.455 e. The number of carbonyl (C=O) groups is 2. The van der Waals surface area contributed by atoms with Crippen molar-refractivity contribution >= 4 is 17.5 Å². The molecule has 4 aromatic rings. The molecule has 5 nitrogen and oxygen atoms in total. The van der Waals surface area contributed by atoms with E-state index in [1.165, 1.54) is 16.7 Å². The van der Waals surface area contributed by atoms with E-state index < -0.39 is 0 Å². The normalized spacial score (nSPS) is 12.8. The van der Waals surface area contributed by atoms with E-state index >= 15 is 0 Å². The predicted molar refractivity (Wildman–Crippen MR) is 190 cm³/mol. The Bertz CT molecular complexity index is 1620. The number of nitrogens with one attached hydrogen (secondary N) is 2. The molecule has 46 heavy (non-hydrogen) atoms. The Labute approximate surface area is 275 Å². The summed E-state index contributed by atoms with van der Waals surface area (Å²) >= 11 is 0. The zero-order valence-corrected chi connectivity index (χ0v) is 28.7. The van der Waals surface area contributed by atoms with Gasteiger partial charge in [0, 0.05) is 17.5 Å². The van der Waals surface area contributed by atoms with Gasteiger partial charge in [0.1, 0.15) is 5.75 Å². The molecule has 0 bridgehead atoms. The fourth-order valence-corrected chi connectivity index (χ4v) is 5.66. The molecule has 0 saturated carbocycles. The first-order valence-electron chi connectivity index (χ1n) is 16.4. The minimum absolute atomic E-state index is 0.00161. The summed E-state index contributed by atoms with van der Waals surface area (Å²) in [5.41, 5.74) is 7.34. The van der Waals surface area contributed by atoms with Crippen LogP contribution in [-0.2, 0) is 16.6 Å². The van der Waals surface area contributed by atoms with Gasteiger partial charge in [0.2, 0.25) is 5.91 Å². The molecule has 4 aromatic carbocycles. The van der Waals surface area contributed by atoms with Crippen molar-refractivity contribution in [3.63, 3.8) is 0 Å². The van der Waals surface area contributed by atoms with Crippen molar-refractivity contribution in [3.05, 3.63) is 124 Å². The van der Waals surface area contributed by atoms with E-state index in [0.29, 0.717) is 22.7 Å². The summed E-state index contributed by atoms with van der Waals surface area (Å²) in [5.74, 6) is 1.28. The quantitative estimate of drug-likeness (QED) is 0.166. The molecule has 5 heteroatoms. The van der Waals surface area contributed by atoms with E-state index in [4.69, 9.17) is 4.74 Å². The van der Waals surface area contributed by atoms with Gasteiger partial charge in [0.25, 0.3) is 5.91 Å². The van der Waals surface area contributed by atoms with Crippen LogP contribution in [0.2, 0.25) is 0 Å². The standard InChI is InChI=1S/C41H50N2O3/c1-27(2)39(44)43-37-25-31(18-20-38(37)46-36-15-10-9-11-16-36)24-32(34-22-28(3)21-29(4)23-34)19-17-30(5)42-40(45)33-13-12-14-35(26-33)41(6,7)8/h9-16,18,20-23,25-27,30,32H,17,19,24H2,1-8H3,(H,42,45)(H,43,44). The second kappa shape index (κ2) is 15.3. The van der Waals surface area contributed by atoms with Crippen molar-refractivity contribution in [2.45, 2.75) is 92.0 Å². The Morgan fingerprint density at radius 3 is 2.13 bits per heavy atom. The molecule has 2 unspecified atom stereocenters. The molecule has 0 radical (unpaired) electrons. The molecule has 0 aromatic heterocycles. The van der Waals surface area contributed by atoms with Gasteiger partial charge < -0.3 is 15.4 Å². The van der Waals surface area contributed by atoms with E-state index in [0.717, 1.165) is 30.4 Å². The fraction of sp³-hybridized carbons (Fsp3) is 0.366. The van der Waals surface area contributed by atoms with Crippen LogP contribution in [0.4, 0.5) is 5.69 Å². The van der Waals surface area contributed by atoms with Crippen molar-refractivity contribution in [2.75, 3.05) is 5.32 Å². The summed E-state index contributed by atoms with van der Waals surface area (Å²) in [4.78, 5) is 26.0. The van der Waals surface area contributed by atoms with Crippen LogP contribution >= 0.6 is 0 Å². The average molecular weight is 619 g/mol. The van der Waals surface area contributed by atoms with Gasteiger partial charge in [-0.15, -0.1) is 0 Å². The third-order valence-electron chi connectivity index (χ3n) is 8.31. The van der Waals surface area contributed by atoms with Crippen LogP contribution in [0.3, 0.4) is 0 Å². The summed E-state index contributed by atoms with van der Waals surface area (Å²) in [6.45, 7) is 16.6. The number of rotatable bonds is 12. The summed E-state index contributed by atoms with van der Waals surface area (Å²) in [5, 5.41) is 6.33. The third-order valence-corrected chi connectivity index (χ3v) is 8.31. The van der Waals surface area contributed by atoms with Crippen molar-refractivity contribution in [3.8, 4) is 11.5 Å². The summed E-state index contributed by atoms with van der Waals surface area (Å²) < 4.78 is 6.19. The molecule has 4 rings (SSSR count). The maximum Gasteiger partial charge on any atom is 0.251 e. The summed E-state index contributed by atoms with van der Waals surface area (Å²) in [7, 11) is 0. The highest BCUT2D eigenvalue weighted by molar-refractivity contribution is 5.94. The first-order chi connectivity index (χ1) is 21.8. The SMILES string of the molecule is Cc1cc(C)cc(C(CCC(C)NC(=O)c2cccc(C(C)(C)C)c2)Cc2ccc(Oc3ccccc3)c(NC(=O)C(C)C)c2)c1. The van der Waals surface area contributed by atoms with Crippen LogP contribution in [0, 0.1) is 19.8 Å². The van der Waals surface area contributed by atoms with Crippen LogP contribution in [0.1, 0.15) is 98.5 Å². The molecule has 0 aliphatic heterocycles. The number of para-hydroxylation sites is 1. The zero-order chi connectivity index (χ0) is 33.4. The Morgan fingerprint density at radius 1 is 0.783 bits per heavy atom. The van der Waals surface area contributed by atoms with Crippen LogP contribution < -0.4 is 15.4 Å². The van der Waals surface area contributed by atoms with Crippen LogP contribution in [0.5, 0.6) is 11.5 Å². The molecule has 0 spiro atoms. The molecule has 0 saturated heterocycles. The van der Waals surface area contributed by atoms with Crippen LogP contribution in [0.15, 0.2) is 91.0 Å². The molecule has 0 heterocycles. The van der Waals surface area contributed by atoms with E-state index in [9.17, 15) is 9.59 Å². The Morgan fingerprint density at radius 2 is 1.48 bits per heavy atom. The van der Waals surface area contributed by atoms with E-state index in [2.05, 4.69) is 82.5 Å². The highest BCUT2D eigenvalue weighted by atomic mass is 16.5. The average Bonchev–Trinajstić information content (AvgIpc) is 3.00. The Kier molecular flexibility index (Phi) is 11.4. The van der Waals surface area contributed by atoms with Gasteiger partial charge in [0.15, 0.2) is 5.75 Å². The number of carbonyl (C=O) groups excluding carboxylic acids is 2. The number of amides is 2. The predicted octanol–water partition coefficient (Wildman–Crippen LogP) is 9.91. The lowest BCUT2D eigenvalue weighted by atomic mass is 9.85. The molecular formula is C41H50N2O3. The van der Waals surface area contributed by atoms with Crippen LogP contribution in [-0.4, -0.2) is 17.9 Å². The summed E-state index contributed by atoms with van der Waals surface area (Å²) in [6, 6.07) is 30.4. The number of ether oxygens (including phenoxy) is 1. The molecule has 2 atom stereocenters. The highest BCUT2D eigenvalue weighted by Gasteiger charge is 2.20. The van der Waals surface area contributed by atoms with Gasteiger partial charge in [-0.25, -0.2) is 0 Å². The maximum absolute atomic E-state index is 13.2. The minimum Gasteiger partial charge on any atom is -0.455 e. The lowest BCUT2D eigenvalue weighted by Gasteiger charge is -2.23. The molecule has 242 valence electrons. The molecule has 2 N–H and O–H groups in total. The second-order valence-corrected chi connectivity index (χ2v) is 14.0. The first kappa shape index (κ1) is 34.5. The molecule has 0 aliphatic carbocycles. The molecular weight excluding hydrogens is 568 g/mol. The van der Waals surface area contributed by atoms with Gasteiger partial charge >= 0.3 is 0 Å². The van der Waals surface area contributed by atoms with E-state index in [1.807, 2.05) is 74.5 Å². The van der Waals surface area contributed by atoms with Crippen molar-refractivity contribution in [1.29, 1.82) is 0 Å². The monoisotopic (exact) mass is 618 g/mol. The van der Waals surface area contributed by atoms with Crippen LogP contribution in [0.25, 0.3) is 0 Å². The minimum atomic E-state index is -0.163. The number of anilines is 1. The highest BCUT2D eigenvalue weighted by Crippen LogP contribution is 2.34. The first-order valence-corrected chi connectivity index (χ1v) is 16.4. The van der Waals surface area contributed by atoms with E-state index in [1.54, 1.807) is 0 Å². The maximum atomic E-state index is 13.2. The third kappa shape index (κ3) is 9.81. The number of hydrogen-bond acceptors (Lipinski definition) is 3. The molecule has 2 amide bonds. The fourth-order valence-electron chi connectivity index (χ4n) is 5.66. The Balaban J connectivity index is 1.55. The number of aryl methyl sites for hydroxylation is 2. The smallest absolute Gasteiger partial charge is 0.251 e. The Hall–Kier alpha value is -4.38. The number of benzene rings is 4.